The fourth-order valence-corrected chi connectivity index (χ4v) is 6.36. The van der Waals surface area contributed by atoms with Gasteiger partial charge in [0.2, 0.25) is 0 Å². The van der Waals surface area contributed by atoms with Crippen molar-refractivity contribution in [3.63, 3.8) is 0 Å². The van der Waals surface area contributed by atoms with E-state index in [1.165, 1.54) is 23.9 Å². The molecular formula is C12H26Cl2Si. The molecule has 15 heavy (non-hydrogen) atoms. The summed E-state index contributed by atoms with van der Waals surface area (Å²) in [5, 5.41) is 0. The minimum absolute atomic E-state index is 0. The molecule has 0 aromatic carbocycles. The van der Waals surface area contributed by atoms with Gasteiger partial charge in [0.25, 0.3) is 0 Å². The molecule has 0 aromatic heterocycles. The Balaban J connectivity index is 0.000000980. The molecule has 0 unspecified atom stereocenters. The van der Waals surface area contributed by atoms with Crippen LogP contribution in [0.3, 0.4) is 0 Å². The normalized spacial score (nSPS) is 24.0. The zero-order valence-corrected chi connectivity index (χ0v) is 12.8. The van der Waals surface area contributed by atoms with Crippen LogP contribution in [0.4, 0.5) is 0 Å². The van der Waals surface area contributed by atoms with Gasteiger partial charge in [0.1, 0.15) is 0 Å². The highest BCUT2D eigenvalue weighted by atomic mass is 35.5. The van der Waals surface area contributed by atoms with Crippen molar-refractivity contribution in [2.24, 2.45) is 0 Å². The van der Waals surface area contributed by atoms with Gasteiger partial charge < -0.3 is 0 Å². The number of hydrogen-bond acceptors (Lipinski definition) is 0. The van der Waals surface area contributed by atoms with Gasteiger partial charge in [0.15, 0.2) is 0 Å². The van der Waals surface area contributed by atoms with E-state index in [0.29, 0.717) is 9.52 Å². The molecule has 0 bridgehead atoms. The predicted molar refractivity (Wildman–Crippen MR) is 76.7 cm³/mol. The third-order valence-corrected chi connectivity index (χ3v) is 7.08. The fourth-order valence-electron chi connectivity index (χ4n) is 3.32. The van der Waals surface area contributed by atoms with Crippen molar-refractivity contribution in [2.75, 3.05) is 0 Å². The first-order valence-corrected chi connectivity index (χ1v) is 8.08. The van der Waals surface area contributed by atoms with Gasteiger partial charge in [-0.25, -0.2) is 0 Å². The van der Waals surface area contributed by atoms with E-state index in [1.807, 2.05) is 0 Å². The summed E-state index contributed by atoms with van der Waals surface area (Å²) in [6.45, 7) is 0. The molecule has 0 spiro atoms. The summed E-state index contributed by atoms with van der Waals surface area (Å²) in [5.41, 5.74) is 2.52. The fraction of sp³-hybridized carbons (Fsp3) is 1.00. The van der Waals surface area contributed by atoms with Crippen LogP contribution < -0.4 is 0 Å². The molecule has 0 amide bonds. The smallest absolute Gasteiger partial charge is 0.0264 e. The summed E-state index contributed by atoms with van der Waals surface area (Å²) in [7, 11) is 0.320. The summed E-state index contributed by atoms with van der Waals surface area (Å²) in [6.07, 6.45) is 15.8. The summed E-state index contributed by atoms with van der Waals surface area (Å²) in [4.78, 5) is 0. The lowest BCUT2D eigenvalue weighted by Crippen LogP contribution is -2.16. The van der Waals surface area contributed by atoms with Crippen LogP contribution in [-0.4, -0.2) is 9.52 Å². The highest BCUT2D eigenvalue weighted by Gasteiger charge is 2.20. The lowest BCUT2D eigenvalue weighted by atomic mass is 9.99. The molecule has 2 fully saturated rings. The van der Waals surface area contributed by atoms with Crippen LogP contribution in [-0.2, 0) is 0 Å². The monoisotopic (exact) mass is 268 g/mol. The van der Waals surface area contributed by atoms with Crippen LogP contribution >= 0.6 is 24.8 Å². The Morgan fingerprint density at radius 1 is 0.533 bits per heavy atom. The van der Waals surface area contributed by atoms with E-state index in [9.17, 15) is 0 Å². The Morgan fingerprint density at radius 2 is 0.867 bits per heavy atom. The zero-order valence-electron chi connectivity index (χ0n) is 9.75. The second kappa shape index (κ2) is 8.89. The Morgan fingerprint density at radius 3 is 1.20 bits per heavy atom. The van der Waals surface area contributed by atoms with Crippen LogP contribution in [0.5, 0.6) is 0 Å². The lowest BCUT2D eigenvalue weighted by molar-refractivity contribution is 0.470. The van der Waals surface area contributed by atoms with Crippen LogP contribution in [0, 0.1) is 0 Å². The molecule has 2 aliphatic carbocycles. The predicted octanol–water partition coefficient (Wildman–Crippen LogP) is 4.50. The molecular weight excluding hydrogens is 243 g/mol. The highest BCUT2D eigenvalue weighted by Crippen LogP contribution is 2.36. The second-order valence-corrected chi connectivity index (χ2v) is 8.02. The molecule has 0 saturated heterocycles. The maximum absolute atomic E-state index is 1.61. The van der Waals surface area contributed by atoms with E-state index in [1.54, 1.807) is 51.4 Å². The Bertz CT molecular complexity index is 125. The Hall–Kier alpha value is 0.797. The highest BCUT2D eigenvalue weighted by molar-refractivity contribution is 6.39. The van der Waals surface area contributed by atoms with Crippen molar-refractivity contribution in [1.82, 2.24) is 0 Å². The third-order valence-electron chi connectivity index (χ3n) is 4.12. The van der Waals surface area contributed by atoms with Crippen molar-refractivity contribution < 1.29 is 0 Å². The van der Waals surface area contributed by atoms with Crippen LogP contribution in [0.25, 0.3) is 0 Å². The maximum atomic E-state index is 1.61. The summed E-state index contributed by atoms with van der Waals surface area (Å²) >= 11 is 0. The molecule has 2 rings (SSSR count). The lowest BCUT2D eigenvalue weighted by Gasteiger charge is -2.28. The van der Waals surface area contributed by atoms with Gasteiger partial charge in [-0.15, -0.1) is 24.8 Å². The van der Waals surface area contributed by atoms with Crippen molar-refractivity contribution in [3.8, 4) is 0 Å². The summed E-state index contributed by atoms with van der Waals surface area (Å²) < 4.78 is 0. The first-order valence-electron chi connectivity index (χ1n) is 6.45. The minimum atomic E-state index is 0. The van der Waals surface area contributed by atoms with Crippen LogP contribution in [0.15, 0.2) is 0 Å². The van der Waals surface area contributed by atoms with Crippen molar-refractivity contribution in [2.45, 2.75) is 75.3 Å². The topological polar surface area (TPSA) is 0 Å². The maximum Gasteiger partial charge on any atom is 0.0264 e. The first kappa shape index (κ1) is 15.8. The second-order valence-electron chi connectivity index (χ2n) is 5.24. The Labute approximate surface area is 110 Å². The average Bonchev–Trinajstić information content (AvgIpc) is 2.21. The Kier molecular flexibility index (Phi) is 9.37. The summed E-state index contributed by atoms with van der Waals surface area (Å²) in [6, 6.07) is 0. The van der Waals surface area contributed by atoms with Crippen molar-refractivity contribution in [3.05, 3.63) is 0 Å². The van der Waals surface area contributed by atoms with Crippen molar-refractivity contribution >= 4 is 34.3 Å². The van der Waals surface area contributed by atoms with Gasteiger partial charge in [0.05, 0.1) is 0 Å². The van der Waals surface area contributed by atoms with Gasteiger partial charge in [-0.3, -0.25) is 0 Å². The number of halogens is 2. The third kappa shape index (κ3) is 5.60. The minimum Gasteiger partial charge on any atom is -0.147 e. The van der Waals surface area contributed by atoms with E-state index in [0.717, 1.165) is 0 Å². The number of rotatable bonds is 2. The molecule has 0 radical (unpaired) electrons. The van der Waals surface area contributed by atoms with E-state index < -0.39 is 0 Å². The standard InChI is InChI=1S/C12H24Si.2ClH/c1-3-7-11(8-4-1)13-12-9-5-2-6-10-12;;/h11-12H,1-10,13H2;2*1H. The van der Waals surface area contributed by atoms with E-state index >= 15 is 0 Å². The SMILES string of the molecule is C1CCC([SiH2]C2CCCCC2)CC1.Cl.Cl. The van der Waals surface area contributed by atoms with Gasteiger partial charge in [-0.05, 0) is 0 Å². The van der Waals surface area contributed by atoms with E-state index in [-0.39, 0.29) is 24.8 Å². The molecule has 3 heteroatoms. The quantitative estimate of drug-likeness (QED) is 0.647. The van der Waals surface area contributed by atoms with Gasteiger partial charge >= 0.3 is 0 Å². The summed E-state index contributed by atoms with van der Waals surface area (Å²) in [5.74, 6) is 0. The average molecular weight is 269 g/mol. The molecule has 2 aliphatic rings. The van der Waals surface area contributed by atoms with E-state index in [2.05, 4.69) is 0 Å². The zero-order chi connectivity index (χ0) is 8.93. The van der Waals surface area contributed by atoms with Crippen molar-refractivity contribution in [1.29, 1.82) is 0 Å². The van der Waals surface area contributed by atoms with Crippen LogP contribution in [0.2, 0.25) is 11.1 Å². The molecule has 0 N–H and O–H groups in total. The van der Waals surface area contributed by atoms with Gasteiger partial charge in [0, 0.05) is 9.52 Å². The van der Waals surface area contributed by atoms with Gasteiger partial charge in [-0.1, -0.05) is 75.3 Å². The molecule has 2 saturated carbocycles. The van der Waals surface area contributed by atoms with Crippen LogP contribution in [0.1, 0.15) is 64.2 Å². The van der Waals surface area contributed by atoms with E-state index in [4.69, 9.17) is 0 Å². The molecule has 92 valence electrons. The molecule has 0 aromatic rings. The first-order chi connectivity index (χ1) is 6.45. The largest absolute Gasteiger partial charge is 0.147 e. The number of hydrogen-bond donors (Lipinski definition) is 0. The molecule has 0 aliphatic heterocycles. The van der Waals surface area contributed by atoms with Gasteiger partial charge in [-0.2, -0.15) is 0 Å². The molecule has 0 atom stereocenters. The molecule has 0 nitrogen and oxygen atoms in total. The molecule has 0 heterocycles.